The molecule has 158 valence electrons. The average Bonchev–Trinajstić information content (AvgIpc) is 3.24. The monoisotopic (exact) mass is 466 g/mol. The summed E-state index contributed by atoms with van der Waals surface area (Å²) in [5, 5.41) is 5.78. The second-order valence-electron chi connectivity index (χ2n) is 7.79. The van der Waals surface area contributed by atoms with Gasteiger partial charge in [0.05, 0.1) is 16.3 Å². The van der Waals surface area contributed by atoms with Crippen LogP contribution in [0.3, 0.4) is 0 Å². The Morgan fingerprint density at radius 2 is 1.48 bits per heavy atom. The largest absolute Gasteiger partial charge is 0.436 e. The molecule has 0 fully saturated rings. The van der Waals surface area contributed by atoms with Crippen LogP contribution < -0.4 is 0 Å². The molecule has 0 aliphatic carbocycles. The van der Waals surface area contributed by atoms with Gasteiger partial charge in [-0.05, 0) is 64.0 Å². The Hall–Kier alpha value is -3.66. The van der Waals surface area contributed by atoms with Gasteiger partial charge in [-0.15, -0.1) is 0 Å². The SMILES string of the molecule is Clc1ccc(-c2nc3cc(N=Cc4c5ccccc5cc5ccccc45)ccc3o2)c(Cl)c1. The van der Waals surface area contributed by atoms with Gasteiger partial charge in [-0.2, -0.15) is 0 Å². The minimum absolute atomic E-state index is 0.452. The summed E-state index contributed by atoms with van der Waals surface area (Å²) in [4.78, 5) is 9.41. The molecule has 0 bridgehead atoms. The van der Waals surface area contributed by atoms with Gasteiger partial charge < -0.3 is 4.42 Å². The van der Waals surface area contributed by atoms with Crippen molar-refractivity contribution in [3.8, 4) is 11.5 Å². The normalized spacial score (nSPS) is 11.8. The Balaban J connectivity index is 1.43. The molecule has 0 saturated heterocycles. The predicted octanol–water partition coefficient (Wildman–Crippen LogP) is 8.86. The van der Waals surface area contributed by atoms with Gasteiger partial charge in [-0.25, -0.2) is 4.98 Å². The maximum Gasteiger partial charge on any atom is 0.228 e. The van der Waals surface area contributed by atoms with Gasteiger partial charge in [0.2, 0.25) is 5.89 Å². The molecular formula is C28H16Cl2N2O. The van der Waals surface area contributed by atoms with Gasteiger partial charge in [0.1, 0.15) is 5.52 Å². The summed E-state index contributed by atoms with van der Waals surface area (Å²) in [6.07, 6.45) is 1.93. The lowest BCUT2D eigenvalue weighted by atomic mass is 9.97. The van der Waals surface area contributed by atoms with E-state index in [1.165, 1.54) is 21.5 Å². The zero-order valence-electron chi connectivity index (χ0n) is 17.3. The number of hydrogen-bond acceptors (Lipinski definition) is 3. The third-order valence-corrected chi connectivity index (χ3v) is 6.24. The van der Waals surface area contributed by atoms with E-state index in [9.17, 15) is 0 Å². The van der Waals surface area contributed by atoms with Crippen molar-refractivity contribution in [2.75, 3.05) is 0 Å². The molecule has 3 nitrogen and oxygen atoms in total. The highest BCUT2D eigenvalue weighted by Gasteiger charge is 2.12. The molecule has 33 heavy (non-hydrogen) atoms. The van der Waals surface area contributed by atoms with Gasteiger partial charge in [0, 0.05) is 16.8 Å². The molecule has 0 aliphatic heterocycles. The molecule has 6 aromatic rings. The summed E-state index contributed by atoms with van der Waals surface area (Å²) in [6.45, 7) is 0. The third-order valence-electron chi connectivity index (χ3n) is 5.69. The van der Waals surface area contributed by atoms with Crippen molar-refractivity contribution in [3.63, 3.8) is 0 Å². The fraction of sp³-hybridized carbons (Fsp3) is 0. The molecule has 0 aliphatic rings. The number of benzene rings is 5. The van der Waals surface area contributed by atoms with Gasteiger partial charge in [0.25, 0.3) is 0 Å². The van der Waals surface area contributed by atoms with E-state index in [-0.39, 0.29) is 0 Å². The molecule has 0 unspecified atom stereocenters. The molecule has 0 radical (unpaired) electrons. The number of hydrogen-bond donors (Lipinski definition) is 0. The maximum absolute atomic E-state index is 6.33. The number of fused-ring (bicyclic) bond motifs is 3. The fourth-order valence-corrected chi connectivity index (χ4v) is 4.59. The lowest BCUT2D eigenvalue weighted by Gasteiger charge is -2.07. The molecule has 1 aromatic heterocycles. The highest BCUT2D eigenvalue weighted by atomic mass is 35.5. The summed E-state index contributed by atoms with van der Waals surface area (Å²) < 4.78 is 5.92. The molecule has 0 N–H and O–H groups in total. The summed E-state index contributed by atoms with van der Waals surface area (Å²) in [5.74, 6) is 0.452. The van der Waals surface area contributed by atoms with E-state index in [0.29, 0.717) is 32.6 Å². The first kappa shape index (κ1) is 20.0. The van der Waals surface area contributed by atoms with Crippen molar-refractivity contribution < 1.29 is 4.42 Å². The number of aliphatic imine (C=N–C) groups is 1. The lowest BCUT2D eigenvalue weighted by Crippen LogP contribution is -1.88. The quantitative estimate of drug-likeness (QED) is 0.193. The molecule has 1 heterocycles. The topological polar surface area (TPSA) is 38.4 Å². The molecule has 5 aromatic carbocycles. The van der Waals surface area contributed by atoms with Crippen LogP contribution in [0.1, 0.15) is 5.56 Å². The summed E-state index contributed by atoms with van der Waals surface area (Å²) >= 11 is 12.3. The molecule has 0 spiro atoms. The van der Waals surface area contributed by atoms with Crippen molar-refractivity contribution in [3.05, 3.63) is 107 Å². The van der Waals surface area contributed by atoms with E-state index in [4.69, 9.17) is 32.6 Å². The number of aromatic nitrogens is 1. The van der Waals surface area contributed by atoms with Crippen molar-refractivity contribution in [1.82, 2.24) is 4.98 Å². The van der Waals surface area contributed by atoms with Crippen LogP contribution in [0.15, 0.2) is 100 Å². The van der Waals surface area contributed by atoms with E-state index >= 15 is 0 Å². The van der Waals surface area contributed by atoms with Crippen LogP contribution in [0.4, 0.5) is 5.69 Å². The molecule has 0 saturated carbocycles. The van der Waals surface area contributed by atoms with Gasteiger partial charge in [-0.1, -0.05) is 71.7 Å². The van der Waals surface area contributed by atoms with Crippen LogP contribution in [0, 0.1) is 0 Å². The molecule has 0 amide bonds. The van der Waals surface area contributed by atoms with Crippen LogP contribution in [-0.2, 0) is 0 Å². The van der Waals surface area contributed by atoms with E-state index < -0.39 is 0 Å². The summed E-state index contributed by atoms with van der Waals surface area (Å²) in [5.41, 5.74) is 3.97. The van der Waals surface area contributed by atoms with E-state index in [1.54, 1.807) is 18.2 Å². The van der Waals surface area contributed by atoms with Crippen LogP contribution in [0.5, 0.6) is 0 Å². The van der Waals surface area contributed by atoms with Crippen LogP contribution >= 0.6 is 23.2 Å². The number of nitrogens with zero attached hydrogens (tertiary/aromatic N) is 2. The van der Waals surface area contributed by atoms with Crippen molar-refractivity contribution in [1.29, 1.82) is 0 Å². The van der Waals surface area contributed by atoms with Crippen molar-refractivity contribution in [2.45, 2.75) is 0 Å². The van der Waals surface area contributed by atoms with Gasteiger partial charge >= 0.3 is 0 Å². The zero-order chi connectivity index (χ0) is 22.4. The van der Waals surface area contributed by atoms with Crippen molar-refractivity contribution >= 4 is 67.7 Å². The first-order chi connectivity index (χ1) is 16.2. The minimum atomic E-state index is 0.452. The van der Waals surface area contributed by atoms with Gasteiger partial charge in [-0.3, -0.25) is 4.99 Å². The Morgan fingerprint density at radius 3 is 2.21 bits per heavy atom. The fourth-order valence-electron chi connectivity index (χ4n) is 4.10. The molecule has 5 heteroatoms. The number of rotatable bonds is 3. The van der Waals surface area contributed by atoms with E-state index in [1.807, 2.05) is 24.4 Å². The summed E-state index contributed by atoms with van der Waals surface area (Å²) in [6, 6.07) is 29.9. The first-order valence-electron chi connectivity index (χ1n) is 10.5. The predicted molar refractivity (Wildman–Crippen MR) is 138 cm³/mol. The molecule has 6 rings (SSSR count). The highest BCUT2D eigenvalue weighted by molar-refractivity contribution is 6.36. The van der Waals surface area contributed by atoms with E-state index in [0.717, 1.165) is 11.3 Å². The standard InChI is InChI=1S/C28H16Cl2N2O/c29-19-9-11-23(25(30)14-19)28-32-26-15-20(10-12-27(26)33-28)31-16-24-21-7-3-1-5-17(21)13-18-6-2-4-8-22(18)24/h1-16H. The summed E-state index contributed by atoms with van der Waals surface area (Å²) in [7, 11) is 0. The van der Waals surface area contributed by atoms with E-state index in [2.05, 4.69) is 59.6 Å². The third kappa shape index (κ3) is 3.66. The van der Waals surface area contributed by atoms with Crippen LogP contribution in [0.25, 0.3) is 44.1 Å². The highest BCUT2D eigenvalue weighted by Crippen LogP contribution is 2.33. The Bertz CT molecular complexity index is 1650. The zero-order valence-corrected chi connectivity index (χ0v) is 18.8. The molecule has 0 atom stereocenters. The Labute approximate surface area is 199 Å². The Kier molecular flexibility index (Phi) is 4.87. The van der Waals surface area contributed by atoms with Crippen molar-refractivity contribution in [2.24, 2.45) is 4.99 Å². The molecular weight excluding hydrogens is 451 g/mol. The second kappa shape index (κ2) is 8.04. The second-order valence-corrected chi connectivity index (χ2v) is 8.63. The first-order valence-corrected chi connectivity index (χ1v) is 11.2. The lowest BCUT2D eigenvalue weighted by molar-refractivity contribution is 0.620. The minimum Gasteiger partial charge on any atom is -0.436 e. The van der Waals surface area contributed by atoms with Crippen LogP contribution in [-0.4, -0.2) is 11.2 Å². The maximum atomic E-state index is 6.33. The van der Waals surface area contributed by atoms with Crippen LogP contribution in [0.2, 0.25) is 10.0 Å². The number of halogens is 2. The number of oxazole rings is 1. The van der Waals surface area contributed by atoms with Gasteiger partial charge in [0.15, 0.2) is 5.58 Å². The average molecular weight is 467 g/mol. The Morgan fingerprint density at radius 1 is 0.758 bits per heavy atom. The smallest absolute Gasteiger partial charge is 0.228 e.